The van der Waals surface area contributed by atoms with Crippen molar-refractivity contribution in [2.24, 2.45) is 0 Å². The fraction of sp³-hybridized carbons (Fsp3) is 0.474. The number of hydrogen-bond donors (Lipinski definition) is 0. The number of anilines is 1. The molecule has 26 heavy (non-hydrogen) atoms. The first-order valence-electron chi connectivity index (χ1n) is 8.81. The maximum absolute atomic E-state index is 5.79. The van der Waals surface area contributed by atoms with E-state index in [1.165, 1.54) is 0 Å². The van der Waals surface area contributed by atoms with E-state index in [2.05, 4.69) is 9.88 Å². The Hall–Kier alpha value is -2.38. The van der Waals surface area contributed by atoms with Crippen molar-refractivity contribution in [2.75, 3.05) is 45.4 Å². The number of aromatic nitrogens is 2. The Morgan fingerprint density at radius 2 is 1.81 bits per heavy atom. The Balaban J connectivity index is 1.56. The van der Waals surface area contributed by atoms with E-state index in [1.54, 1.807) is 20.4 Å². The van der Waals surface area contributed by atoms with Crippen LogP contribution in [0, 0.1) is 0 Å². The van der Waals surface area contributed by atoms with E-state index in [4.69, 9.17) is 23.9 Å². The smallest absolute Gasteiger partial charge is 0.225 e. The van der Waals surface area contributed by atoms with Gasteiger partial charge in [0.15, 0.2) is 5.79 Å². The van der Waals surface area contributed by atoms with E-state index in [0.717, 1.165) is 48.7 Å². The van der Waals surface area contributed by atoms with Gasteiger partial charge < -0.3 is 23.8 Å². The molecule has 1 spiro atoms. The third-order valence-electron chi connectivity index (χ3n) is 4.95. The van der Waals surface area contributed by atoms with Crippen LogP contribution in [-0.4, -0.2) is 56.3 Å². The zero-order valence-electron chi connectivity index (χ0n) is 15.1. The van der Waals surface area contributed by atoms with E-state index in [9.17, 15) is 0 Å². The summed E-state index contributed by atoms with van der Waals surface area (Å²) in [6.45, 7) is 2.99. The number of ether oxygens (including phenoxy) is 4. The van der Waals surface area contributed by atoms with Crippen LogP contribution in [0.15, 0.2) is 30.5 Å². The van der Waals surface area contributed by atoms with Gasteiger partial charge in [0, 0.05) is 43.8 Å². The summed E-state index contributed by atoms with van der Waals surface area (Å²) in [7, 11) is 3.28. The fourth-order valence-electron chi connectivity index (χ4n) is 3.49. The summed E-state index contributed by atoms with van der Waals surface area (Å²) >= 11 is 0. The summed E-state index contributed by atoms with van der Waals surface area (Å²) in [4.78, 5) is 11.4. The minimum atomic E-state index is -0.396. The lowest BCUT2D eigenvalue weighted by atomic mass is 10.0. The highest BCUT2D eigenvalue weighted by atomic mass is 16.7. The van der Waals surface area contributed by atoms with Gasteiger partial charge in [-0.2, -0.15) is 0 Å². The molecule has 1 aromatic heterocycles. The van der Waals surface area contributed by atoms with Gasteiger partial charge in [0.25, 0.3) is 0 Å². The molecule has 0 bridgehead atoms. The van der Waals surface area contributed by atoms with E-state index in [-0.39, 0.29) is 0 Å². The number of piperidine rings is 1. The highest BCUT2D eigenvalue weighted by Crippen LogP contribution is 2.35. The monoisotopic (exact) mass is 357 g/mol. The third-order valence-corrected chi connectivity index (χ3v) is 4.95. The summed E-state index contributed by atoms with van der Waals surface area (Å²) in [6.07, 6.45) is 3.44. The molecule has 2 aliphatic heterocycles. The molecule has 2 fully saturated rings. The van der Waals surface area contributed by atoms with Crippen molar-refractivity contribution in [1.29, 1.82) is 0 Å². The maximum atomic E-state index is 5.79. The van der Waals surface area contributed by atoms with Crippen LogP contribution < -0.4 is 14.4 Å². The van der Waals surface area contributed by atoms with Gasteiger partial charge in [0.2, 0.25) is 5.95 Å². The summed E-state index contributed by atoms with van der Waals surface area (Å²) < 4.78 is 22.4. The van der Waals surface area contributed by atoms with Crippen molar-refractivity contribution >= 4 is 5.95 Å². The zero-order valence-corrected chi connectivity index (χ0v) is 15.1. The topological polar surface area (TPSA) is 65.9 Å². The molecule has 0 atom stereocenters. The number of hydrogen-bond acceptors (Lipinski definition) is 7. The molecule has 7 nitrogen and oxygen atoms in total. The lowest BCUT2D eigenvalue weighted by molar-refractivity contribution is -0.169. The van der Waals surface area contributed by atoms with Crippen LogP contribution in [0.25, 0.3) is 11.3 Å². The lowest BCUT2D eigenvalue weighted by Crippen LogP contribution is -2.45. The van der Waals surface area contributed by atoms with Crippen LogP contribution in [0.1, 0.15) is 12.8 Å². The van der Waals surface area contributed by atoms with Crippen LogP contribution in [0.3, 0.4) is 0 Å². The van der Waals surface area contributed by atoms with Crippen LogP contribution >= 0.6 is 0 Å². The Morgan fingerprint density at radius 1 is 1.04 bits per heavy atom. The average molecular weight is 357 g/mol. The van der Waals surface area contributed by atoms with Crippen molar-refractivity contribution < 1.29 is 18.9 Å². The predicted molar refractivity (Wildman–Crippen MR) is 96.7 cm³/mol. The van der Waals surface area contributed by atoms with Crippen LogP contribution in [-0.2, 0) is 9.47 Å². The molecule has 1 aromatic carbocycles. The van der Waals surface area contributed by atoms with Crippen molar-refractivity contribution in [3.8, 4) is 22.8 Å². The molecule has 2 aromatic rings. The SMILES string of the molecule is COc1ccc(-c2ccnc(N3CCC4(CC3)OCCO4)n2)c(OC)c1. The molecule has 7 heteroatoms. The highest BCUT2D eigenvalue weighted by Gasteiger charge is 2.40. The lowest BCUT2D eigenvalue weighted by Gasteiger charge is -2.37. The van der Waals surface area contributed by atoms with E-state index in [0.29, 0.717) is 19.2 Å². The molecule has 0 N–H and O–H groups in total. The number of benzene rings is 1. The average Bonchev–Trinajstić information content (AvgIpc) is 3.16. The maximum Gasteiger partial charge on any atom is 0.225 e. The largest absolute Gasteiger partial charge is 0.497 e. The third kappa shape index (κ3) is 3.20. The van der Waals surface area contributed by atoms with Gasteiger partial charge in [0.05, 0.1) is 33.1 Å². The minimum Gasteiger partial charge on any atom is -0.497 e. The van der Waals surface area contributed by atoms with E-state index >= 15 is 0 Å². The van der Waals surface area contributed by atoms with Crippen LogP contribution in [0.4, 0.5) is 5.95 Å². The molecule has 0 unspecified atom stereocenters. The first kappa shape index (κ1) is 17.1. The molecular formula is C19H23N3O4. The number of rotatable bonds is 4. The summed E-state index contributed by atoms with van der Waals surface area (Å²) in [5.74, 6) is 1.79. The summed E-state index contributed by atoms with van der Waals surface area (Å²) in [5.41, 5.74) is 1.73. The van der Waals surface area contributed by atoms with Crippen molar-refractivity contribution in [3.05, 3.63) is 30.5 Å². The van der Waals surface area contributed by atoms with E-state index in [1.807, 2.05) is 24.3 Å². The van der Waals surface area contributed by atoms with Crippen LogP contribution in [0.2, 0.25) is 0 Å². The van der Waals surface area contributed by atoms with Crippen LogP contribution in [0.5, 0.6) is 11.5 Å². The van der Waals surface area contributed by atoms with Gasteiger partial charge in [-0.05, 0) is 18.2 Å². The summed E-state index contributed by atoms with van der Waals surface area (Å²) in [6, 6.07) is 7.60. The quantitative estimate of drug-likeness (QED) is 0.833. The molecule has 138 valence electrons. The molecule has 0 saturated carbocycles. The number of nitrogens with zero attached hydrogens (tertiary/aromatic N) is 3. The Kier molecular flexibility index (Phi) is 4.65. The normalized spacial score (nSPS) is 18.9. The standard InChI is InChI=1S/C19H23N3O4/c1-23-14-3-4-15(17(13-14)24-2)16-5-8-20-18(21-16)22-9-6-19(7-10-22)25-11-12-26-19/h3-5,8,13H,6-7,9-12H2,1-2H3. The van der Waals surface area contributed by atoms with Crippen molar-refractivity contribution in [1.82, 2.24) is 9.97 Å². The summed E-state index contributed by atoms with van der Waals surface area (Å²) in [5, 5.41) is 0. The second-order valence-electron chi connectivity index (χ2n) is 6.40. The molecular weight excluding hydrogens is 334 g/mol. The first-order valence-corrected chi connectivity index (χ1v) is 8.81. The molecule has 2 saturated heterocycles. The van der Waals surface area contributed by atoms with Gasteiger partial charge in [-0.1, -0.05) is 0 Å². The van der Waals surface area contributed by atoms with Gasteiger partial charge in [-0.15, -0.1) is 0 Å². The highest BCUT2D eigenvalue weighted by molar-refractivity contribution is 5.69. The second kappa shape index (κ2) is 7.09. The van der Waals surface area contributed by atoms with Crippen molar-refractivity contribution in [2.45, 2.75) is 18.6 Å². The van der Waals surface area contributed by atoms with Gasteiger partial charge in [-0.25, -0.2) is 9.97 Å². The fourth-order valence-corrected chi connectivity index (χ4v) is 3.49. The van der Waals surface area contributed by atoms with Gasteiger partial charge in [0.1, 0.15) is 11.5 Å². The molecule has 4 rings (SSSR count). The zero-order chi connectivity index (χ0) is 18.0. The molecule has 0 aliphatic carbocycles. The van der Waals surface area contributed by atoms with Crippen molar-refractivity contribution in [3.63, 3.8) is 0 Å². The molecule has 3 heterocycles. The molecule has 0 radical (unpaired) electrons. The Morgan fingerprint density at radius 3 is 2.50 bits per heavy atom. The number of methoxy groups -OCH3 is 2. The molecule has 0 amide bonds. The Bertz CT molecular complexity index is 767. The second-order valence-corrected chi connectivity index (χ2v) is 6.40. The van der Waals surface area contributed by atoms with Gasteiger partial charge in [-0.3, -0.25) is 0 Å². The predicted octanol–water partition coefficient (Wildman–Crippen LogP) is 2.50. The van der Waals surface area contributed by atoms with E-state index < -0.39 is 5.79 Å². The first-order chi connectivity index (χ1) is 12.7. The van der Waals surface area contributed by atoms with Gasteiger partial charge >= 0.3 is 0 Å². The molecule has 2 aliphatic rings. The minimum absolute atomic E-state index is 0.396. The Labute approximate surface area is 152 Å².